The van der Waals surface area contributed by atoms with Crippen LogP contribution in [0, 0.1) is 0 Å². The zero-order valence-corrected chi connectivity index (χ0v) is 11.9. The number of halogens is 1. The fraction of sp³-hybridized carbons (Fsp3) is 0.273. The number of hydrogen-bond acceptors (Lipinski definition) is 6. The Kier molecular flexibility index (Phi) is 4.48. The van der Waals surface area contributed by atoms with Crippen molar-refractivity contribution in [2.45, 2.75) is 6.54 Å². The predicted octanol–water partition coefficient (Wildman–Crippen LogP) is 0.117. The van der Waals surface area contributed by atoms with Crippen LogP contribution in [0.5, 0.6) is 0 Å². The van der Waals surface area contributed by atoms with E-state index in [9.17, 15) is 9.59 Å². The Labute approximate surface area is 123 Å². The number of thiophene rings is 1. The number of carbonyl (C=O) groups excluding carboxylic acids is 2. The molecule has 0 saturated heterocycles. The molecule has 9 heteroatoms. The van der Waals surface area contributed by atoms with Gasteiger partial charge in [0.25, 0.3) is 0 Å². The molecule has 0 bridgehead atoms. The summed E-state index contributed by atoms with van der Waals surface area (Å²) in [4.78, 5) is 32.7. The summed E-state index contributed by atoms with van der Waals surface area (Å²) in [6.07, 6.45) is 0. The average molecular weight is 314 g/mol. The van der Waals surface area contributed by atoms with Gasteiger partial charge in [0.2, 0.25) is 11.8 Å². The van der Waals surface area contributed by atoms with E-state index in [1.165, 1.54) is 16.2 Å². The summed E-state index contributed by atoms with van der Waals surface area (Å²) in [7, 11) is 0. The van der Waals surface area contributed by atoms with Gasteiger partial charge in [-0.3, -0.25) is 14.5 Å². The van der Waals surface area contributed by atoms with E-state index in [0.717, 1.165) is 10.2 Å². The van der Waals surface area contributed by atoms with Crippen LogP contribution in [0.1, 0.15) is 5.82 Å². The summed E-state index contributed by atoms with van der Waals surface area (Å²) in [5, 5.41) is 2.97. The van der Waals surface area contributed by atoms with Crippen LogP contribution in [0.25, 0.3) is 10.2 Å². The largest absolute Gasteiger partial charge is 0.369 e. The molecule has 4 N–H and O–H groups in total. The van der Waals surface area contributed by atoms with Crippen LogP contribution in [0.2, 0.25) is 5.15 Å². The Hall–Kier alpha value is -1.77. The molecule has 2 heterocycles. The molecular formula is C11H12ClN5O2S. The van der Waals surface area contributed by atoms with Crippen LogP contribution in [-0.2, 0) is 16.1 Å². The quantitative estimate of drug-likeness (QED) is 0.735. The van der Waals surface area contributed by atoms with E-state index < -0.39 is 11.8 Å². The number of carbonyl (C=O) groups is 2. The van der Waals surface area contributed by atoms with Crippen molar-refractivity contribution >= 4 is 45.0 Å². The summed E-state index contributed by atoms with van der Waals surface area (Å²) in [6, 6.07) is 1.83. The zero-order valence-electron chi connectivity index (χ0n) is 10.4. The summed E-state index contributed by atoms with van der Waals surface area (Å²) in [5.74, 6) is -0.712. The van der Waals surface area contributed by atoms with Gasteiger partial charge in [0, 0.05) is 5.39 Å². The maximum Gasteiger partial charge on any atom is 0.231 e. The monoisotopic (exact) mass is 313 g/mol. The van der Waals surface area contributed by atoms with Gasteiger partial charge >= 0.3 is 0 Å². The normalized spacial score (nSPS) is 11.1. The first kappa shape index (κ1) is 14.6. The molecule has 0 saturated carbocycles. The standard InChI is InChI=1S/C11H12ClN5O2S/c12-10-6-1-2-20-11(6)16-9(15-10)5-17(3-7(13)18)4-8(14)19/h1-2H,3-5H2,(H2,13,18)(H2,14,19). The number of amides is 2. The number of primary amides is 2. The summed E-state index contributed by atoms with van der Waals surface area (Å²) in [6.45, 7) is -0.0434. The van der Waals surface area contributed by atoms with Crippen LogP contribution in [0.3, 0.4) is 0 Å². The van der Waals surface area contributed by atoms with Crippen molar-refractivity contribution in [3.05, 3.63) is 22.4 Å². The topological polar surface area (TPSA) is 115 Å². The molecule has 2 aromatic heterocycles. The summed E-state index contributed by atoms with van der Waals surface area (Å²) < 4.78 is 0. The molecule has 7 nitrogen and oxygen atoms in total. The highest BCUT2D eigenvalue weighted by atomic mass is 35.5. The van der Waals surface area contributed by atoms with E-state index in [1.54, 1.807) is 0 Å². The lowest BCUT2D eigenvalue weighted by molar-refractivity contribution is -0.122. The fourth-order valence-electron chi connectivity index (χ4n) is 1.74. The minimum absolute atomic E-state index is 0.105. The Morgan fingerprint density at radius 1 is 1.25 bits per heavy atom. The van der Waals surface area contributed by atoms with Crippen molar-refractivity contribution < 1.29 is 9.59 Å². The Morgan fingerprint density at radius 2 is 1.90 bits per heavy atom. The first-order valence-corrected chi connectivity index (χ1v) is 6.90. The molecule has 2 amide bonds. The number of aromatic nitrogens is 2. The molecule has 0 aliphatic heterocycles. The van der Waals surface area contributed by atoms with E-state index in [-0.39, 0.29) is 19.6 Å². The first-order chi connectivity index (χ1) is 9.45. The van der Waals surface area contributed by atoms with Crippen molar-refractivity contribution in [1.29, 1.82) is 0 Å². The van der Waals surface area contributed by atoms with E-state index in [4.69, 9.17) is 23.1 Å². The number of nitrogens with two attached hydrogens (primary N) is 2. The average Bonchev–Trinajstić information content (AvgIpc) is 2.75. The van der Waals surface area contributed by atoms with Crippen LogP contribution >= 0.6 is 22.9 Å². The number of fused-ring (bicyclic) bond motifs is 1. The maximum atomic E-state index is 11.0. The van der Waals surface area contributed by atoms with E-state index in [2.05, 4.69) is 9.97 Å². The molecule has 2 rings (SSSR count). The molecule has 0 aliphatic carbocycles. The minimum Gasteiger partial charge on any atom is -0.369 e. The van der Waals surface area contributed by atoms with Crippen LogP contribution in [-0.4, -0.2) is 39.8 Å². The molecule has 0 aliphatic rings. The lowest BCUT2D eigenvalue weighted by Gasteiger charge is -2.17. The van der Waals surface area contributed by atoms with Crippen molar-refractivity contribution in [3.63, 3.8) is 0 Å². The fourth-order valence-corrected chi connectivity index (χ4v) is 2.83. The van der Waals surface area contributed by atoms with E-state index >= 15 is 0 Å². The van der Waals surface area contributed by atoms with Gasteiger partial charge in [0.1, 0.15) is 15.8 Å². The molecule has 20 heavy (non-hydrogen) atoms. The van der Waals surface area contributed by atoms with Crippen molar-refractivity contribution in [3.8, 4) is 0 Å². The summed E-state index contributed by atoms with van der Waals surface area (Å²) >= 11 is 7.49. The van der Waals surface area contributed by atoms with Crippen molar-refractivity contribution in [2.75, 3.05) is 13.1 Å². The molecule has 0 unspecified atom stereocenters. The number of rotatable bonds is 6. The van der Waals surface area contributed by atoms with Gasteiger partial charge in [-0.2, -0.15) is 0 Å². The third kappa shape index (κ3) is 3.62. The molecule has 0 radical (unpaired) electrons. The lowest BCUT2D eigenvalue weighted by atomic mass is 10.4. The molecule has 0 fully saturated rings. The van der Waals surface area contributed by atoms with Crippen LogP contribution in [0.4, 0.5) is 0 Å². The van der Waals surface area contributed by atoms with Crippen LogP contribution in [0.15, 0.2) is 11.4 Å². The molecule has 0 spiro atoms. The van der Waals surface area contributed by atoms with Gasteiger partial charge in [-0.1, -0.05) is 11.6 Å². The minimum atomic E-state index is -0.561. The Bertz CT molecular complexity index is 643. The molecule has 0 atom stereocenters. The molecule has 0 aromatic carbocycles. The second kappa shape index (κ2) is 6.12. The van der Waals surface area contributed by atoms with E-state index in [0.29, 0.717) is 11.0 Å². The number of hydrogen-bond donors (Lipinski definition) is 2. The third-order valence-electron chi connectivity index (χ3n) is 2.45. The molecule has 2 aromatic rings. The van der Waals surface area contributed by atoms with Crippen molar-refractivity contribution in [1.82, 2.24) is 14.9 Å². The SMILES string of the molecule is NC(=O)CN(CC(N)=O)Cc1nc(Cl)c2ccsc2n1. The second-order valence-corrected chi connectivity index (χ2v) is 5.40. The third-order valence-corrected chi connectivity index (χ3v) is 3.54. The smallest absolute Gasteiger partial charge is 0.231 e. The maximum absolute atomic E-state index is 11.0. The Morgan fingerprint density at radius 3 is 2.50 bits per heavy atom. The van der Waals surface area contributed by atoms with Gasteiger partial charge in [-0.05, 0) is 11.4 Å². The van der Waals surface area contributed by atoms with Gasteiger partial charge in [0.05, 0.1) is 19.6 Å². The predicted molar refractivity (Wildman–Crippen MR) is 76.1 cm³/mol. The molecule has 106 valence electrons. The first-order valence-electron chi connectivity index (χ1n) is 5.64. The van der Waals surface area contributed by atoms with Crippen molar-refractivity contribution in [2.24, 2.45) is 11.5 Å². The highest BCUT2D eigenvalue weighted by molar-refractivity contribution is 7.16. The van der Waals surface area contributed by atoms with Gasteiger partial charge in [0.15, 0.2) is 0 Å². The Balaban J connectivity index is 2.22. The van der Waals surface area contributed by atoms with Gasteiger partial charge in [-0.25, -0.2) is 9.97 Å². The van der Waals surface area contributed by atoms with E-state index in [1.807, 2.05) is 11.4 Å². The van der Waals surface area contributed by atoms with Gasteiger partial charge in [-0.15, -0.1) is 11.3 Å². The lowest BCUT2D eigenvalue weighted by Crippen LogP contribution is -2.39. The van der Waals surface area contributed by atoms with Crippen LogP contribution < -0.4 is 11.5 Å². The zero-order chi connectivity index (χ0) is 14.7. The van der Waals surface area contributed by atoms with Gasteiger partial charge < -0.3 is 11.5 Å². The molecular weight excluding hydrogens is 302 g/mol. The number of nitrogens with zero attached hydrogens (tertiary/aromatic N) is 3. The highest BCUT2D eigenvalue weighted by Crippen LogP contribution is 2.24. The highest BCUT2D eigenvalue weighted by Gasteiger charge is 2.15. The summed E-state index contributed by atoms with van der Waals surface area (Å²) in [5.41, 5.74) is 10.3. The second-order valence-electron chi connectivity index (χ2n) is 4.15.